The third kappa shape index (κ3) is 2.52. The van der Waals surface area contributed by atoms with Crippen LogP contribution in [0.25, 0.3) is 11.3 Å². The number of nitrogens with one attached hydrogen (secondary N) is 1. The lowest BCUT2D eigenvalue weighted by Gasteiger charge is -2.21. The number of benzene rings is 1. The molecule has 1 aliphatic heterocycles. The molecule has 0 spiro atoms. The van der Waals surface area contributed by atoms with E-state index < -0.39 is 0 Å². The molecule has 0 saturated carbocycles. The Kier molecular flexibility index (Phi) is 3.89. The van der Waals surface area contributed by atoms with Crippen LogP contribution in [0.1, 0.15) is 24.5 Å². The average Bonchev–Trinajstić information content (AvgIpc) is 2.75. The summed E-state index contributed by atoms with van der Waals surface area (Å²) in [6, 6.07) is 6.65. The Bertz CT molecular complexity index is 618. The van der Waals surface area contributed by atoms with Crippen LogP contribution < -0.4 is 5.32 Å². The fourth-order valence-corrected chi connectivity index (χ4v) is 3.71. The van der Waals surface area contributed by atoms with E-state index in [1.165, 1.54) is 6.07 Å². The monoisotopic (exact) mass is 337 g/mol. The van der Waals surface area contributed by atoms with Gasteiger partial charge in [-0.3, -0.25) is 4.68 Å². The largest absolute Gasteiger partial charge is 0.317 e. The second-order valence-electron chi connectivity index (χ2n) is 5.21. The molecule has 106 valence electrons. The van der Waals surface area contributed by atoms with E-state index in [0.717, 1.165) is 47.4 Å². The summed E-state index contributed by atoms with van der Waals surface area (Å²) in [4.78, 5) is 0. The Balaban J connectivity index is 2.02. The van der Waals surface area contributed by atoms with Gasteiger partial charge in [-0.2, -0.15) is 5.10 Å². The molecule has 1 fully saturated rings. The van der Waals surface area contributed by atoms with Crippen molar-refractivity contribution in [2.45, 2.75) is 18.8 Å². The van der Waals surface area contributed by atoms with Gasteiger partial charge in [-0.15, -0.1) is 0 Å². The van der Waals surface area contributed by atoms with Crippen LogP contribution in [0.3, 0.4) is 0 Å². The van der Waals surface area contributed by atoms with Crippen molar-refractivity contribution in [3.8, 4) is 11.3 Å². The second kappa shape index (κ2) is 5.66. The Hall–Kier alpha value is -1.20. The number of hydrogen-bond donors (Lipinski definition) is 1. The van der Waals surface area contributed by atoms with Gasteiger partial charge < -0.3 is 5.32 Å². The number of halogens is 2. The summed E-state index contributed by atoms with van der Waals surface area (Å²) in [5.74, 6) is 0.248. The maximum atomic E-state index is 13.4. The van der Waals surface area contributed by atoms with Gasteiger partial charge in [0.05, 0.1) is 15.9 Å². The second-order valence-corrected chi connectivity index (χ2v) is 6.00. The third-order valence-corrected chi connectivity index (χ3v) is 4.62. The van der Waals surface area contributed by atoms with Crippen molar-refractivity contribution in [3.63, 3.8) is 0 Å². The lowest BCUT2D eigenvalue weighted by molar-refractivity contribution is 0.449. The highest BCUT2D eigenvalue weighted by molar-refractivity contribution is 9.10. The first-order valence-electron chi connectivity index (χ1n) is 6.86. The van der Waals surface area contributed by atoms with Gasteiger partial charge in [0, 0.05) is 18.5 Å². The maximum Gasteiger partial charge on any atom is 0.123 e. The van der Waals surface area contributed by atoms with E-state index in [0.29, 0.717) is 5.92 Å². The molecule has 0 amide bonds. The van der Waals surface area contributed by atoms with Crippen LogP contribution in [-0.4, -0.2) is 22.9 Å². The van der Waals surface area contributed by atoms with Crippen molar-refractivity contribution in [1.29, 1.82) is 0 Å². The Morgan fingerprint density at radius 2 is 2.10 bits per heavy atom. The molecule has 1 N–H and O–H groups in total. The van der Waals surface area contributed by atoms with E-state index in [-0.39, 0.29) is 5.82 Å². The third-order valence-electron chi connectivity index (χ3n) is 3.84. The van der Waals surface area contributed by atoms with Crippen LogP contribution in [0.15, 0.2) is 28.7 Å². The molecule has 20 heavy (non-hydrogen) atoms. The van der Waals surface area contributed by atoms with E-state index in [2.05, 4.69) is 26.3 Å². The van der Waals surface area contributed by atoms with E-state index >= 15 is 0 Å². The fourth-order valence-electron chi connectivity index (χ4n) is 2.82. The zero-order valence-corrected chi connectivity index (χ0v) is 13.0. The molecule has 5 heteroatoms. The first-order valence-corrected chi connectivity index (χ1v) is 7.65. The maximum absolute atomic E-state index is 13.4. The Morgan fingerprint density at radius 3 is 2.80 bits per heavy atom. The zero-order chi connectivity index (χ0) is 14.1. The van der Waals surface area contributed by atoms with Crippen LogP contribution in [-0.2, 0) is 7.05 Å². The Labute approximate surface area is 126 Å². The lowest BCUT2D eigenvalue weighted by atomic mass is 9.94. The molecule has 0 unspecified atom stereocenters. The van der Waals surface area contributed by atoms with Gasteiger partial charge in [0.2, 0.25) is 0 Å². The van der Waals surface area contributed by atoms with Gasteiger partial charge in [0.1, 0.15) is 5.82 Å². The summed E-state index contributed by atoms with van der Waals surface area (Å²) in [7, 11) is 1.91. The normalized spacial score (nSPS) is 16.6. The molecule has 0 bridgehead atoms. The standard InChI is InChI=1S/C15H17BrFN3/c1-20-15(11-3-2-4-12(17)9-11)13(16)14(19-20)10-5-7-18-8-6-10/h2-4,9-10,18H,5-8H2,1H3. The van der Waals surface area contributed by atoms with Crippen molar-refractivity contribution in [3.05, 3.63) is 40.2 Å². The van der Waals surface area contributed by atoms with Crippen LogP contribution in [0.5, 0.6) is 0 Å². The van der Waals surface area contributed by atoms with Gasteiger partial charge in [-0.05, 0) is 54.0 Å². The van der Waals surface area contributed by atoms with Crippen molar-refractivity contribution in [1.82, 2.24) is 15.1 Å². The molecule has 3 rings (SSSR count). The summed E-state index contributed by atoms with van der Waals surface area (Å²) in [5, 5.41) is 8.02. The summed E-state index contributed by atoms with van der Waals surface area (Å²) < 4.78 is 16.3. The topological polar surface area (TPSA) is 29.9 Å². The highest BCUT2D eigenvalue weighted by Crippen LogP contribution is 2.37. The van der Waals surface area contributed by atoms with Crippen LogP contribution in [0.4, 0.5) is 4.39 Å². The van der Waals surface area contributed by atoms with Gasteiger partial charge >= 0.3 is 0 Å². The van der Waals surface area contributed by atoms with Gasteiger partial charge in [0.25, 0.3) is 0 Å². The van der Waals surface area contributed by atoms with Crippen LogP contribution >= 0.6 is 15.9 Å². The molecule has 1 aliphatic rings. The number of nitrogens with zero attached hydrogens (tertiary/aromatic N) is 2. The molecule has 0 radical (unpaired) electrons. The van der Waals surface area contributed by atoms with Gasteiger partial charge in [-0.1, -0.05) is 12.1 Å². The van der Waals surface area contributed by atoms with Crippen molar-refractivity contribution >= 4 is 15.9 Å². The minimum atomic E-state index is -0.223. The fraction of sp³-hybridized carbons (Fsp3) is 0.400. The summed E-state index contributed by atoms with van der Waals surface area (Å²) in [6.07, 6.45) is 2.19. The molecular formula is C15H17BrFN3. The molecule has 0 aliphatic carbocycles. The van der Waals surface area contributed by atoms with Crippen molar-refractivity contribution in [2.24, 2.45) is 7.05 Å². The van der Waals surface area contributed by atoms with Crippen LogP contribution in [0.2, 0.25) is 0 Å². The first-order chi connectivity index (χ1) is 9.66. The summed E-state index contributed by atoms with van der Waals surface area (Å²) in [5.41, 5.74) is 2.89. The van der Waals surface area contributed by atoms with E-state index in [1.54, 1.807) is 12.1 Å². The number of hydrogen-bond acceptors (Lipinski definition) is 2. The molecule has 0 atom stereocenters. The molecule has 1 aromatic heterocycles. The number of piperidine rings is 1. The van der Waals surface area contributed by atoms with E-state index in [4.69, 9.17) is 0 Å². The smallest absolute Gasteiger partial charge is 0.123 e. The van der Waals surface area contributed by atoms with Crippen LogP contribution in [0, 0.1) is 5.82 Å². The molecule has 3 nitrogen and oxygen atoms in total. The van der Waals surface area contributed by atoms with Crippen molar-refractivity contribution < 1.29 is 4.39 Å². The molecule has 2 heterocycles. The lowest BCUT2D eigenvalue weighted by Crippen LogP contribution is -2.27. The van der Waals surface area contributed by atoms with E-state index in [1.807, 2.05) is 17.8 Å². The summed E-state index contributed by atoms with van der Waals surface area (Å²) in [6.45, 7) is 2.06. The quantitative estimate of drug-likeness (QED) is 0.909. The minimum Gasteiger partial charge on any atom is -0.317 e. The summed E-state index contributed by atoms with van der Waals surface area (Å²) >= 11 is 3.67. The highest BCUT2D eigenvalue weighted by atomic mass is 79.9. The van der Waals surface area contributed by atoms with E-state index in [9.17, 15) is 4.39 Å². The highest BCUT2D eigenvalue weighted by Gasteiger charge is 2.24. The molecule has 1 saturated heterocycles. The number of aryl methyl sites for hydroxylation is 1. The van der Waals surface area contributed by atoms with Gasteiger partial charge in [-0.25, -0.2) is 4.39 Å². The molecule has 2 aromatic rings. The predicted octanol–water partition coefficient (Wildman–Crippen LogP) is 3.46. The van der Waals surface area contributed by atoms with Crippen molar-refractivity contribution in [2.75, 3.05) is 13.1 Å². The minimum absolute atomic E-state index is 0.223. The average molecular weight is 338 g/mol. The SMILES string of the molecule is Cn1nc(C2CCNCC2)c(Br)c1-c1cccc(F)c1. The Morgan fingerprint density at radius 1 is 1.35 bits per heavy atom. The van der Waals surface area contributed by atoms with Gasteiger partial charge in [0.15, 0.2) is 0 Å². The number of rotatable bonds is 2. The zero-order valence-electron chi connectivity index (χ0n) is 11.4. The molecule has 1 aromatic carbocycles. The number of aromatic nitrogens is 2. The molecular weight excluding hydrogens is 321 g/mol. The first kappa shape index (κ1) is 13.8. The predicted molar refractivity (Wildman–Crippen MR) is 81.1 cm³/mol.